The first-order chi connectivity index (χ1) is 5.25. The quantitative estimate of drug-likeness (QED) is 0.632. The van der Waals surface area contributed by atoms with E-state index >= 15 is 0 Å². The van der Waals surface area contributed by atoms with Crippen LogP contribution in [0.2, 0.25) is 0 Å². The summed E-state index contributed by atoms with van der Waals surface area (Å²) in [6.07, 6.45) is 1.83. The Morgan fingerprint density at radius 2 is 2.42 bits per heavy atom. The lowest BCUT2D eigenvalue weighted by Gasteiger charge is -2.16. The van der Waals surface area contributed by atoms with Crippen LogP contribution in [0, 0.1) is 0 Å². The van der Waals surface area contributed by atoms with E-state index in [0.717, 1.165) is 19.4 Å². The van der Waals surface area contributed by atoms with E-state index in [1.807, 2.05) is 0 Å². The van der Waals surface area contributed by atoms with Crippen molar-refractivity contribution in [3.8, 4) is 0 Å². The van der Waals surface area contributed by atoms with Gasteiger partial charge < -0.3 is 15.8 Å². The molecule has 0 aromatic heterocycles. The second-order valence-electron chi connectivity index (χ2n) is 2.69. The highest BCUT2D eigenvalue weighted by Gasteiger charge is 2.27. The number of nitrogens with one attached hydrogen (secondary N) is 1. The van der Waals surface area contributed by atoms with E-state index < -0.39 is 6.04 Å². The lowest BCUT2D eigenvalue weighted by Crippen LogP contribution is -2.46. The lowest BCUT2D eigenvalue weighted by atomic mass is 10.1. The Bertz CT molecular complexity index is 148. The molecule has 1 amide bonds. The normalized spacial score (nSPS) is 24.3. The van der Waals surface area contributed by atoms with E-state index in [4.69, 9.17) is 10.5 Å². The molecule has 1 saturated heterocycles. The van der Waals surface area contributed by atoms with Crippen molar-refractivity contribution in [3.05, 3.63) is 0 Å². The molecule has 5 heteroatoms. The summed E-state index contributed by atoms with van der Waals surface area (Å²) in [6, 6.07) is -0.498. The number of nitrogens with two attached hydrogens (primary N) is 1. The topological polar surface area (TPSA) is 64.4 Å². The second kappa shape index (κ2) is 5.35. The van der Waals surface area contributed by atoms with Crippen LogP contribution in [0.25, 0.3) is 0 Å². The maximum Gasteiger partial charge on any atom is 0.239 e. The molecule has 3 N–H and O–H groups in total. The number of ether oxygens (including phenoxy) is 1. The van der Waals surface area contributed by atoms with Gasteiger partial charge in [-0.1, -0.05) is 0 Å². The van der Waals surface area contributed by atoms with Gasteiger partial charge in [-0.15, -0.1) is 12.4 Å². The Balaban J connectivity index is 0.00000121. The summed E-state index contributed by atoms with van der Waals surface area (Å²) in [6.45, 7) is 0.732. The maximum absolute atomic E-state index is 11.0. The first-order valence-corrected chi connectivity index (χ1v) is 3.84. The fourth-order valence-electron chi connectivity index (χ4n) is 1.22. The van der Waals surface area contributed by atoms with Crippen molar-refractivity contribution < 1.29 is 9.53 Å². The Kier molecular flexibility index (Phi) is 5.20. The molecular weight excluding hydrogens is 180 g/mol. The third-order valence-electron chi connectivity index (χ3n) is 1.91. The number of halogens is 1. The molecule has 0 aliphatic carbocycles. The van der Waals surface area contributed by atoms with Crippen LogP contribution >= 0.6 is 12.4 Å². The number of rotatable bonds is 2. The SMILES string of the molecule is CNC(=O)C(N)C1CCCO1.Cl. The molecule has 2 atom stereocenters. The predicted molar refractivity (Wildman–Crippen MR) is 48.3 cm³/mol. The van der Waals surface area contributed by atoms with Crippen molar-refractivity contribution in [2.75, 3.05) is 13.7 Å². The van der Waals surface area contributed by atoms with Crippen LogP contribution < -0.4 is 11.1 Å². The smallest absolute Gasteiger partial charge is 0.239 e. The molecule has 1 aliphatic rings. The van der Waals surface area contributed by atoms with Gasteiger partial charge in [-0.2, -0.15) is 0 Å². The Hall–Kier alpha value is -0.320. The van der Waals surface area contributed by atoms with E-state index in [1.165, 1.54) is 0 Å². The third kappa shape index (κ3) is 2.62. The zero-order chi connectivity index (χ0) is 8.27. The maximum atomic E-state index is 11.0. The Labute approximate surface area is 78.2 Å². The van der Waals surface area contributed by atoms with Crippen LogP contribution in [0.4, 0.5) is 0 Å². The minimum Gasteiger partial charge on any atom is -0.376 e. The van der Waals surface area contributed by atoms with Crippen molar-refractivity contribution in [1.82, 2.24) is 5.32 Å². The van der Waals surface area contributed by atoms with Crippen molar-refractivity contribution in [1.29, 1.82) is 0 Å². The molecule has 0 spiro atoms. The molecule has 0 bridgehead atoms. The molecule has 2 unspecified atom stereocenters. The summed E-state index contributed by atoms with van der Waals surface area (Å²) in [5.74, 6) is -0.142. The van der Waals surface area contributed by atoms with Crippen LogP contribution in [0.15, 0.2) is 0 Å². The number of hydrogen-bond donors (Lipinski definition) is 2. The molecule has 0 saturated carbocycles. The van der Waals surface area contributed by atoms with Gasteiger partial charge in [-0.05, 0) is 12.8 Å². The van der Waals surface area contributed by atoms with Gasteiger partial charge in [0.2, 0.25) is 5.91 Å². The minimum atomic E-state index is -0.498. The molecule has 0 aromatic rings. The van der Waals surface area contributed by atoms with E-state index in [2.05, 4.69) is 5.32 Å². The fourth-order valence-corrected chi connectivity index (χ4v) is 1.22. The number of carbonyl (C=O) groups excluding carboxylic acids is 1. The summed E-state index contributed by atoms with van der Waals surface area (Å²) in [5.41, 5.74) is 5.60. The molecule has 0 radical (unpaired) electrons. The van der Waals surface area contributed by atoms with Crippen LogP contribution in [0.1, 0.15) is 12.8 Å². The number of hydrogen-bond acceptors (Lipinski definition) is 3. The van der Waals surface area contributed by atoms with Crippen LogP contribution in [0.3, 0.4) is 0 Å². The lowest BCUT2D eigenvalue weighted by molar-refractivity contribution is -0.124. The van der Waals surface area contributed by atoms with Gasteiger partial charge in [0.1, 0.15) is 6.04 Å². The van der Waals surface area contributed by atoms with Crippen LogP contribution in [-0.4, -0.2) is 31.7 Å². The van der Waals surface area contributed by atoms with Crippen molar-refractivity contribution >= 4 is 18.3 Å². The molecule has 72 valence electrons. The summed E-state index contributed by atoms with van der Waals surface area (Å²) in [7, 11) is 1.58. The highest BCUT2D eigenvalue weighted by molar-refractivity contribution is 5.85. The molecule has 1 rings (SSSR count). The van der Waals surface area contributed by atoms with E-state index in [1.54, 1.807) is 7.05 Å². The Morgan fingerprint density at radius 1 is 1.75 bits per heavy atom. The van der Waals surface area contributed by atoms with Crippen molar-refractivity contribution in [2.45, 2.75) is 25.0 Å². The standard InChI is InChI=1S/C7H14N2O2.ClH/c1-9-7(10)6(8)5-3-2-4-11-5;/h5-6H,2-4,8H2,1H3,(H,9,10);1H. The first-order valence-electron chi connectivity index (χ1n) is 3.84. The third-order valence-corrected chi connectivity index (χ3v) is 1.91. The fraction of sp³-hybridized carbons (Fsp3) is 0.857. The molecule has 1 aliphatic heterocycles. The number of likely N-dealkylation sites (N-methyl/N-ethyl adjacent to an activating group) is 1. The molecular formula is C7H15ClN2O2. The number of carbonyl (C=O) groups is 1. The van der Waals surface area contributed by atoms with Gasteiger partial charge in [0.15, 0.2) is 0 Å². The molecule has 1 fully saturated rings. The first kappa shape index (κ1) is 11.7. The van der Waals surface area contributed by atoms with Gasteiger partial charge >= 0.3 is 0 Å². The largest absolute Gasteiger partial charge is 0.376 e. The van der Waals surface area contributed by atoms with Gasteiger partial charge in [-0.25, -0.2) is 0 Å². The summed E-state index contributed by atoms with van der Waals surface area (Å²) in [4.78, 5) is 11.0. The molecule has 1 heterocycles. The van der Waals surface area contributed by atoms with Crippen LogP contribution in [-0.2, 0) is 9.53 Å². The zero-order valence-electron chi connectivity index (χ0n) is 7.08. The van der Waals surface area contributed by atoms with Gasteiger partial charge in [0.25, 0.3) is 0 Å². The average molecular weight is 195 g/mol. The molecule has 12 heavy (non-hydrogen) atoms. The predicted octanol–water partition coefficient (Wildman–Crippen LogP) is -0.340. The summed E-state index contributed by atoms with van der Waals surface area (Å²) in [5, 5.41) is 2.50. The summed E-state index contributed by atoms with van der Waals surface area (Å²) < 4.78 is 5.25. The van der Waals surface area contributed by atoms with Crippen molar-refractivity contribution in [2.24, 2.45) is 5.73 Å². The van der Waals surface area contributed by atoms with E-state index in [-0.39, 0.29) is 24.4 Å². The zero-order valence-corrected chi connectivity index (χ0v) is 7.89. The second-order valence-corrected chi connectivity index (χ2v) is 2.69. The monoisotopic (exact) mass is 194 g/mol. The number of amides is 1. The minimum absolute atomic E-state index is 0. The van der Waals surface area contributed by atoms with Gasteiger partial charge in [0.05, 0.1) is 6.10 Å². The van der Waals surface area contributed by atoms with E-state index in [9.17, 15) is 4.79 Å². The van der Waals surface area contributed by atoms with Gasteiger partial charge in [-0.3, -0.25) is 4.79 Å². The van der Waals surface area contributed by atoms with Gasteiger partial charge in [0, 0.05) is 13.7 Å². The van der Waals surface area contributed by atoms with Crippen LogP contribution in [0.5, 0.6) is 0 Å². The highest BCUT2D eigenvalue weighted by atomic mass is 35.5. The summed E-state index contributed by atoms with van der Waals surface area (Å²) >= 11 is 0. The Morgan fingerprint density at radius 3 is 2.83 bits per heavy atom. The van der Waals surface area contributed by atoms with Crippen molar-refractivity contribution in [3.63, 3.8) is 0 Å². The average Bonchev–Trinajstić information content (AvgIpc) is 2.53. The molecule has 0 aromatic carbocycles. The van der Waals surface area contributed by atoms with E-state index in [0.29, 0.717) is 0 Å². The highest BCUT2D eigenvalue weighted by Crippen LogP contribution is 2.14. The molecule has 4 nitrogen and oxygen atoms in total.